The number of benzene rings is 1. The zero-order valence-corrected chi connectivity index (χ0v) is 13.8. The highest BCUT2D eigenvalue weighted by molar-refractivity contribution is 7.99. The van der Waals surface area contributed by atoms with Gasteiger partial charge in [0.1, 0.15) is 0 Å². The number of thioether (sulfide) groups is 1. The van der Waals surface area contributed by atoms with Gasteiger partial charge in [-0.2, -0.15) is 13.2 Å². The first-order valence-electron chi connectivity index (χ1n) is 6.52. The minimum atomic E-state index is -4.62. The van der Waals surface area contributed by atoms with Gasteiger partial charge in [0.2, 0.25) is 5.91 Å². The number of hydrogen-bond acceptors (Lipinski definition) is 4. The summed E-state index contributed by atoms with van der Waals surface area (Å²) < 4.78 is 38.8. The third kappa shape index (κ3) is 5.00. The van der Waals surface area contributed by atoms with Gasteiger partial charge in [-0.15, -0.1) is 0 Å². The molecular formula is C14H11ClF3N3O2S. The van der Waals surface area contributed by atoms with Crippen LogP contribution in [0.5, 0.6) is 0 Å². The Morgan fingerprint density at radius 2 is 2.08 bits per heavy atom. The zero-order valence-electron chi connectivity index (χ0n) is 12.2. The Balaban J connectivity index is 2.10. The highest BCUT2D eigenvalue weighted by atomic mass is 35.5. The molecule has 2 aromatic rings. The Morgan fingerprint density at radius 3 is 2.71 bits per heavy atom. The Morgan fingerprint density at radius 1 is 1.38 bits per heavy atom. The lowest BCUT2D eigenvalue weighted by atomic mass is 10.1. The summed E-state index contributed by atoms with van der Waals surface area (Å²) in [6.45, 7) is 1.61. The maximum atomic E-state index is 12.9. The number of H-pyrrole nitrogens is 1. The number of carbonyl (C=O) groups excluding carboxylic acids is 1. The first-order valence-corrected chi connectivity index (χ1v) is 7.89. The Bertz CT molecular complexity index is 824. The van der Waals surface area contributed by atoms with Crippen molar-refractivity contribution < 1.29 is 18.0 Å². The van der Waals surface area contributed by atoms with Gasteiger partial charge in [-0.25, -0.2) is 4.98 Å². The standard InChI is InChI=1S/C14H11ClF3N3O2S/c1-7-4-11(22)21-13(19-7)24-6-12(23)20-10-5-8(15)2-3-9(10)14(16,17)18/h2-5H,6H2,1H3,(H,20,23)(H,19,21,22). The van der Waals surface area contributed by atoms with Crippen molar-refractivity contribution in [3.63, 3.8) is 0 Å². The number of aromatic amines is 1. The molecule has 0 radical (unpaired) electrons. The SMILES string of the molecule is Cc1cc(=O)[nH]c(SCC(=O)Nc2cc(Cl)ccc2C(F)(F)F)n1. The lowest BCUT2D eigenvalue weighted by Crippen LogP contribution is -2.18. The highest BCUT2D eigenvalue weighted by Gasteiger charge is 2.33. The second-order valence-corrected chi connectivity index (χ2v) is 6.12. The lowest BCUT2D eigenvalue weighted by Gasteiger charge is -2.14. The average molecular weight is 378 g/mol. The summed E-state index contributed by atoms with van der Waals surface area (Å²) in [7, 11) is 0. The maximum Gasteiger partial charge on any atom is 0.418 e. The van der Waals surface area contributed by atoms with Crippen molar-refractivity contribution in [2.75, 3.05) is 11.1 Å². The predicted molar refractivity (Wildman–Crippen MR) is 85.4 cm³/mol. The van der Waals surface area contributed by atoms with E-state index in [0.717, 1.165) is 30.0 Å². The number of anilines is 1. The number of carbonyl (C=O) groups is 1. The molecule has 1 aromatic heterocycles. The number of alkyl halides is 3. The normalized spacial score (nSPS) is 11.4. The van der Waals surface area contributed by atoms with E-state index in [0.29, 0.717) is 5.69 Å². The topological polar surface area (TPSA) is 74.8 Å². The number of hydrogen-bond donors (Lipinski definition) is 2. The number of rotatable bonds is 4. The fourth-order valence-corrected chi connectivity index (χ4v) is 2.70. The Hall–Kier alpha value is -2.00. The quantitative estimate of drug-likeness (QED) is 0.632. The summed E-state index contributed by atoms with van der Waals surface area (Å²) in [4.78, 5) is 29.6. The first-order chi connectivity index (χ1) is 11.1. The molecule has 0 atom stereocenters. The Labute approximate surface area is 143 Å². The van der Waals surface area contributed by atoms with Crippen molar-refractivity contribution in [2.24, 2.45) is 0 Å². The minimum absolute atomic E-state index is 0.0654. The van der Waals surface area contributed by atoms with E-state index < -0.39 is 23.3 Å². The minimum Gasteiger partial charge on any atom is -0.325 e. The highest BCUT2D eigenvalue weighted by Crippen LogP contribution is 2.36. The van der Waals surface area contributed by atoms with E-state index in [4.69, 9.17) is 11.6 Å². The molecule has 10 heteroatoms. The summed E-state index contributed by atoms with van der Waals surface area (Å²) in [6.07, 6.45) is -4.62. The van der Waals surface area contributed by atoms with Crippen LogP contribution in [0.3, 0.4) is 0 Å². The van der Waals surface area contributed by atoms with Gasteiger partial charge in [-0.1, -0.05) is 23.4 Å². The van der Waals surface area contributed by atoms with Crippen LogP contribution >= 0.6 is 23.4 Å². The average Bonchev–Trinajstić information content (AvgIpc) is 2.43. The second-order valence-electron chi connectivity index (χ2n) is 4.72. The van der Waals surface area contributed by atoms with Crippen LogP contribution in [0.15, 0.2) is 34.2 Å². The molecule has 0 aliphatic rings. The molecule has 0 bridgehead atoms. The molecule has 1 amide bonds. The van der Waals surface area contributed by atoms with Crippen LogP contribution in [0.1, 0.15) is 11.3 Å². The monoisotopic (exact) mass is 377 g/mol. The van der Waals surface area contributed by atoms with Crippen LogP contribution in [0.4, 0.5) is 18.9 Å². The van der Waals surface area contributed by atoms with Crippen LogP contribution in [0.2, 0.25) is 5.02 Å². The van der Waals surface area contributed by atoms with Gasteiger partial charge >= 0.3 is 6.18 Å². The summed E-state index contributed by atoms with van der Waals surface area (Å²) in [5, 5.41) is 2.44. The molecule has 0 aliphatic heterocycles. The summed E-state index contributed by atoms with van der Waals surface area (Å²) >= 11 is 6.59. The van der Waals surface area contributed by atoms with Gasteiger partial charge in [0.25, 0.3) is 5.56 Å². The summed E-state index contributed by atoms with van der Waals surface area (Å²) in [5.41, 5.74) is -1.32. The van der Waals surface area contributed by atoms with Gasteiger partial charge in [0, 0.05) is 16.8 Å². The molecule has 0 saturated heterocycles. The Kier molecular flexibility index (Phi) is 5.55. The maximum absolute atomic E-state index is 12.9. The number of halogens is 4. The second kappa shape index (κ2) is 7.27. The molecule has 128 valence electrons. The third-order valence-electron chi connectivity index (χ3n) is 2.75. The van der Waals surface area contributed by atoms with Gasteiger partial charge in [0.05, 0.1) is 17.0 Å². The summed E-state index contributed by atoms with van der Waals surface area (Å²) in [5.74, 6) is -0.909. The zero-order chi connectivity index (χ0) is 17.9. The van der Waals surface area contributed by atoms with Gasteiger partial charge < -0.3 is 10.3 Å². The largest absolute Gasteiger partial charge is 0.418 e. The molecule has 0 unspecified atom stereocenters. The first kappa shape index (κ1) is 18.3. The van der Waals surface area contributed by atoms with E-state index >= 15 is 0 Å². The molecule has 2 rings (SSSR count). The fourth-order valence-electron chi connectivity index (χ4n) is 1.81. The van der Waals surface area contributed by atoms with Crippen molar-refractivity contribution in [2.45, 2.75) is 18.3 Å². The lowest BCUT2D eigenvalue weighted by molar-refractivity contribution is -0.137. The molecule has 1 aromatic carbocycles. The van der Waals surface area contributed by atoms with E-state index in [1.165, 1.54) is 6.07 Å². The molecule has 0 fully saturated rings. The number of nitrogens with zero attached hydrogens (tertiary/aromatic N) is 1. The molecule has 0 aliphatic carbocycles. The van der Waals surface area contributed by atoms with Crippen molar-refractivity contribution >= 4 is 35.0 Å². The number of aryl methyl sites for hydroxylation is 1. The molecule has 1 heterocycles. The van der Waals surface area contributed by atoms with E-state index in [2.05, 4.69) is 15.3 Å². The molecule has 0 saturated carbocycles. The predicted octanol–water partition coefficient (Wildman–Crippen LogP) is 3.48. The van der Waals surface area contributed by atoms with Gasteiger partial charge in [-0.05, 0) is 25.1 Å². The van der Waals surface area contributed by atoms with Crippen molar-refractivity contribution in [1.29, 1.82) is 0 Å². The van der Waals surface area contributed by atoms with Crippen LogP contribution in [-0.2, 0) is 11.0 Å². The van der Waals surface area contributed by atoms with E-state index in [1.807, 2.05) is 0 Å². The van der Waals surface area contributed by atoms with Crippen LogP contribution in [-0.4, -0.2) is 21.6 Å². The summed E-state index contributed by atoms with van der Waals surface area (Å²) in [6, 6.07) is 4.20. The van der Waals surface area contributed by atoms with Crippen molar-refractivity contribution in [3.8, 4) is 0 Å². The van der Waals surface area contributed by atoms with Crippen molar-refractivity contribution in [3.05, 3.63) is 50.9 Å². The third-order valence-corrected chi connectivity index (χ3v) is 3.86. The molecule has 5 nitrogen and oxygen atoms in total. The smallest absolute Gasteiger partial charge is 0.325 e. The molecule has 0 spiro atoms. The molecule has 24 heavy (non-hydrogen) atoms. The van der Waals surface area contributed by atoms with Crippen LogP contribution in [0, 0.1) is 6.92 Å². The van der Waals surface area contributed by atoms with E-state index in [-0.39, 0.29) is 21.5 Å². The van der Waals surface area contributed by atoms with Crippen LogP contribution in [0.25, 0.3) is 0 Å². The van der Waals surface area contributed by atoms with E-state index in [9.17, 15) is 22.8 Å². The molecular weight excluding hydrogens is 367 g/mol. The van der Waals surface area contributed by atoms with E-state index in [1.54, 1.807) is 6.92 Å². The van der Waals surface area contributed by atoms with Gasteiger partial charge in [-0.3, -0.25) is 9.59 Å². The van der Waals surface area contributed by atoms with Crippen molar-refractivity contribution in [1.82, 2.24) is 9.97 Å². The molecule has 2 N–H and O–H groups in total. The van der Waals surface area contributed by atoms with Gasteiger partial charge in [0.15, 0.2) is 5.16 Å². The number of aromatic nitrogens is 2. The number of nitrogens with one attached hydrogen (secondary N) is 2. The van der Waals surface area contributed by atoms with Crippen LogP contribution < -0.4 is 10.9 Å². The number of amides is 1. The fraction of sp³-hybridized carbons (Fsp3) is 0.214.